The van der Waals surface area contributed by atoms with E-state index in [1.165, 1.54) is 11.8 Å². The summed E-state index contributed by atoms with van der Waals surface area (Å²) in [5, 5.41) is 13.0. The number of benzene rings is 1. The van der Waals surface area contributed by atoms with Gasteiger partial charge in [-0.25, -0.2) is 0 Å². The molecule has 0 N–H and O–H groups in total. The first-order chi connectivity index (χ1) is 10.2. The number of carbonyl (C=O) groups is 1. The molecule has 5 heteroatoms. The zero-order valence-corrected chi connectivity index (χ0v) is 12.9. The summed E-state index contributed by atoms with van der Waals surface area (Å²) in [6.07, 6.45) is 3.06. The highest BCUT2D eigenvalue weighted by atomic mass is 32.2. The minimum Gasteiger partial charge on any atom is -0.391 e. The fourth-order valence-electron chi connectivity index (χ4n) is 2.02. The molecule has 0 saturated heterocycles. The van der Waals surface area contributed by atoms with E-state index in [0.717, 1.165) is 29.9 Å². The molecule has 21 heavy (non-hydrogen) atoms. The topological polar surface area (TPSA) is 62.5 Å². The first kappa shape index (κ1) is 15.6. The molecule has 2 rings (SSSR count). The lowest BCUT2D eigenvalue weighted by Gasteiger charge is -2.06. The number of thioether (sulfide) groups is 1. The van der Waals surface area contributed by atoms with Gasteiger partial charge in [0.2, 0.25) is 0 Å². The van der Waals surface area contributed by atoms with Crippen LogP contribution in [0.4, 0.5) is 0 Å². The Morgan fingerprint density at radius 2 is 2.24 bits per heavy atom. The van der Waals surface area contributed by atoms with E-state index < -0.39 is 0 Å². The number of nitrogens with zero attached hydrogens (tertiary/aromatic N) is 2. The lowest BCUT2D eigenvalue weighted by Crippen LogP contribution is -2.13. The third kappa shape index (κ3) is 4.61. The van der Waals surface area contributed by atoms with Crippen molar-refractivity contribution in [1.82, 2.24) is 0 Å². The zero-order chi connectivity index (χ0) is 15.1. The van der Waals surface area contributed by atoms with Gasteiger partial charge in [-0.3, -0.25) is 4.79 Å². The molecule has 0 amide bonds. The summed E-state index contributed by atoms with van der Waals surface area (Å²) in [5.41, 5.74) is 2.41. The first-order valence-electron chi connectivity index (χ1n) is 7.11. The van der Waals surface area contributed by atoms with E-state index in [-0.39, 0.29) is 11.2 Å². The number of rotatable bonds is 6. The van der Waals surface area contributed by atoms with Crippen molar-refractivity contribution >= 4 is 22.6 Å². The quantitative estimate of drug-likeness (QED) is 0.754. The molecule has 1 aliphatic rings. The van der Waals surface area contributed by atoms with Crippen LogP contribution < -0.4 is 0 Å². The summed E-state index contributed by atoms with van der Waals surface area (Å²) < 4.78 is 0. The van der Waals surface area contributed by atoms with Gasteiger partial charge in [0.05, 0.1) is 23.8 Å². The molecule has 0 aromatic heterocycles. The van der Waals surface area contributed by atoms with E-state index in [1.807, 2.05) is 12.1 Å². The molecular weight excluding hydrogens is 284 g/mol. The smallest absolute Gasteiger partial charge is 0.192 e. The number of hydrogen-bond acceptors (Lipinski definition) is 5. The van der Waals surface area contributed by atoms with Crippen LogP contribution in [0.25, 0.3) is 0 Å². The average molecular weight is 302 g/mol. The van der Waals surface area contributed by atoms with E-state index in [0.29, 0.717) is 18.4 Å². The molecule has 0 saturated carbocycles. The van der Waals surface area contributed by atoms with Crippen molar-refractivity contribution in [2.24, 2.45) is 5.16 Å². The zero-order valence-electron chi connectivity index (χ0n) is 12.0. The molecule has 0 fully saturated rings. The van der Waals surface area contributed by atoms with Crippen molar-refractivity contribution in [3.63, 3.8) is 0 Å². The highest BCUT2D eigenvalue weighted by Gasteiger charge is 2.24. The Bertz CT molecular complexity index is 561. The molecule has 0 aliphatic carbocycles. The highest BCUT2D eigenvalue weighted by Crippen LogP contribution is 2.22. The van der Waals surface area contributed by atoms with Gasteiger partial charge in [0.1, 0.15) is 6.10 Å². The van der Waals surface area contributed by atoms with Crippen LogP contribution >= 0.6 is 11.8 Å². The second-order valence-corrected chi connectivity index (χ2v) is 6.09. The average Bonchev–Trinajstić information content (AvgIpc) is 2.96. The second kappa shape index (κ2) is 7.84. The number of unbranched alkanes of at least 4 members (excludes halogenated alkanes) is 1. The highest BCUT2D eigenvalue weighted by molar-refractivity contribution is 8.13. The summed E-state index contributed by atoms with van der Waals surface area (Å²) in [5.74, 6) is 0.880. The predicted molar refractivity (Wildman–Crippen MR) is 84.2 cm³/mol. The summed E-state index contributed by atoms with van der Waals surface area (Å²) in [6.45, 7) is 2.11. The number of nitriles is 1. The van der Waals surface area contributed by atoms with E-state index in [9.17, 15) is 4.79 Å². The Labute approximate surface area is 129 Å². The molecule has 1 heterocycles. The molecule has 110 valence electrons. The molecule has 1 aromatic rings. The molecule has 0 radical (unpaired) electrons. The van der Waals surface area contributed by atoms with Crippen molar-refractivity contribution < 1.29 is 9.63 Å². The normalized spacial score (nSPS) is 17.0. The van der Waals surface area contributed by atoms with Crippen LogP contribution in [-0.4, -0.2) is 22.7 Å². The van der Waals surface area contributed by atoms with Crippen LogP contribution in [0.3, 0.4) is 0 Å². The fraction of sp³-hybridized carbons (Fsp3) is 0.438. The van der Waals surface area contributed by atoms with Crippen molar-refractivity contribution in [1.29, 1.82) is 5.26 Å². The van der Waals surface area contributed by atoms with Crippen molar-refractivity contribution in [2.75, 3.05) is 5.75 Å². The molecule has 4 nitrogen and oxygen atoms in total. The molecule has 0 bridgehead atoms. The maximum atomic E-state index is 11.8. The van der Waals surface area contributed by atoms with Gasteiger partial charge in [-0.1, -0.05) is 42.4 Å². The Morgan fingerprint density at radius 3 is 2.90 bits per heavy atom. The number of hydrogen-bond donors (Lipinski definition) is 0. The lowest BCUT2D eigenvalue weighted by molar-refractivity contribution is -0.113. The van der Waals surface area contributed by atoms with Gasteiger partial charge < -0.3 is 4.84 Å². The SMILES string of the molecule is CCCCSC(=O)C[C@@H]1CC(c2ccc(C#N)cc2)=NO1. The van der Waals surface area contributed by atoms with Crippen molar-refractivity contribution in [2.45, 2.75) is 38.7 Å². The lowest BCUT2D eigenvalue weighted by atomic mass is 10.0. The molecule has 0 spiro atoms. The third-order valence-corrected chi connectivity index (χ3v) is 4.22. The summed E-state index contributed by atoms with van der Waals surface area (Å²) >= 11 is 1.38. The van der Waals surface area contributed by atoms with Crippen LogP contribution in [0.2, 0.25) is 0 Å². The van der Waals surface area contributed by atoms with Crippen molar-refractivity contribution in [3.05, 3.63) is 35.4 Å². The molecule has 1 aliphatic heterocycles. The maximum Gasteiger partial charge on any atom is 0.192 e. The molecule has 1 aromatic carbocycles. The van der Waals surface area contributed by atoms with Crippen LogP contribution in [0.1, 0.15) is 43.7 Å². The Balaban J connectivity index is 1.82. The van der Waals surface area contributed by atoms with Gasteiger partial charge in [-0.05, 0) is 24.1 Å². The van der Waals surface area contributed by atoms with E-state index in [1.54, 1.807) is 12.1 Å². The Morgan fingerprint density at radius 1 is 1.48 bits per heavy atom. The summed E-state index contributed by atoms with van der Waals surface area (Å²) in [6, 6.07) is 9.33. The van der Waals surface area contributed by atoms with Gasteiger partial charge in [0.15, 0.2) is 5.12 Å². The fourth-order valence-corrected chi connectivity index (χ4v) is 2.99. The van der Waals surface area contributed by atoms with E-state index in [4.69, 9.17) is 10.1 Å². The summed E-state index contributed by atoms with van der Waals surface area (Å²) in [4.78, 5) is 17.1. The van der Waals surface area contributed by atoms with Gasteiger partial charge in [0.25, 0.3) is 0 Å². The van der Waals surface area contributed by atoms with E-state index >= 15 is 0 Å². The second-order valence-electron chi connectivity index (χ2n) is 4.94. The summed E-state index contributed by atoms with van der Waals surface area (Å²) in [7, 11) is 0. The standard InChI is InChI=1S/C16H18N2O2S/c1-2-3-8-21-16(19)10-14-9-15(18-20-14)13-6-4-12(11-17)5-7-13/h4-7,14H,2-3,8-10H2,1H3/t14-/m0/s1. The largest absolute Gasteiger partial charge is 0.391 e. The van der Waals surface area contributed by atoms with Gasteiger partial charge in [-0.2, -0.15) is 5.26 Å². The minimum absolute atomic E-state index is 0.155. The Hall–Kier alpha value is -1.80. The minimum atomic E-state index is -0.155. The molecular formula is C16H18N2O2S. The van der Waals surface area contributed by atoms with Crippen LogP contribution in [-0.2, 0) is 9.63 Å². The maximum absolute atomic E-state index is 11.8. The monoisotopic (exact) mass is 302 g/mol. The van der Waals surface area contributed by atoms with Gasteiger partial charge in [-0.15, -0.1) is 0 Å². The van der Waals surface area contributed by atoms with Crippen LogP contribution in [0.5, 0.6) is 0 Å². The van der Waals surface area contributed by atoms with Crippen LogP contribution in [0, 0.1) is 11.3 Å². The van der Waals surface area contributed by atoms with Gasteiger partial charge in [0, 0.05) is 12.2 Å². The number of oxime groups is 1. The predicted octanol–water partition coefficient (Wildman–Crippen LogP) is 3.50. The first-order valence-corrected chi connectivity index (χ1v) is 8.10. The number of carbonyl (C=O) groups excluding carboxylic acids is 1. The van der Waals surface area contributed by atoms with Gasteiger partial charge >= 0.3 is 0 Å². The molecule has 0 unspecified atom stereocenters. The van der Waals surface area contributed by atoms with Crippen molar-refractivity contribution in [3.8, 4) is 6.07 Å². The third-order valence-electron chi connectivity index (χ3n) is 3.24. The molecule has 1 atom stereocenters. The Kier molecular flexibility index (Phi) is 5.82. The van der Waals surface area contributed by atoms with E-state index in [2.05, 4.69) is 18.1 Å². The van der Waals surface area contributed by atoms with Crippen LogP contribution in [0.15, 0.2) is 29.4 Å².